The van der Waals surface area contributed by atoms with E-state index in [1.807, 2.05) is 6.07 Å². The molecule has 1 amide bonds. The van der Waals surface area contributed by atoms with Crippen LogP contribution in [0.1, 0.15) is 18.0 Å². The Balaban J connectivity index is 1.81. The van der Waals surface area contributed by atoms with E-state index in [0.29, 0.717) is 5.91 Å². The van der Waals surface area contributed by atoms with Gasteiger partial charge in [-0.2, -0.15) is 0 Å². The van der Waals surface area contributed by atoms with Crippen molar-refractivity contribution in [2.24, 2.45) is 5.92 Å². The van der Waals surface area contributed by atoms with Gasteiger partial charge in [-0.15, -0.1) is 0 Å². The molecule has 2 atom stereocenters. The zero-order chi connectivity index (χ0) is 13.9. The molecule has 1 N–H and O–H groups in total. The molecule has 0 saturated carbocycles. The van der Waals surface area contributed by atoms with Gasteiger partial charge in [-0.1, -0.05) is 30.3 Å². The fourth-order valence-corrected chi connectivity index (χ4v) is 3.24. The van der Waals surface area contributed by atoms with E-state index in [1.54, 1.807) is 0 Å². The molecule has 2 aliphatic heterocycles. The van der Waals surface area contributed by atoms with E-state index in [1.165, 1.54) is 5.56 Å². The minimum Gasteiger partial charge on any atom is -0.333 e. The molecule has 4 heteroatoms. The van der Waals surface area contributed by atoms with Crippen LogP contribution >= 0.6 is 0 Å². The molecule has 2 fully saturated rings. The van der Waals surface area contributed by atoms with Crippen molar-refractivity contribution in [3.05, 3.63) is 35.9 Å². The van der Waals surface area contributed by atoms with Crippen molar-refractivity contribution in [1.29, 1.82) is 0 Å². The highest BCUT2D eigenvalue weighted by molar-refractivity contribution is 5.80. The average molecular weight is 273 g/mol. The highest BCUT2D eigenvalue weighted by Gasteiger charge is 2.34. The summed E-state index contributed by atoms with van der Waals surface area (Å²) in [5.74, 6) is 0.501. The Morgan fingerprint density at radius 2 is 2.05 bits per heavy atom. The second-order valence-electron chi connectivity index (χ2n) is 5.91. The van der Waals surface area contributed by atoms with Crippen molar-refractivity contribution < 1.29 is 4.79 Å². The van der Waals surface area contributed by atoms with Gasteiger partial charge in [0.2, 0.25) is 5.91 Å². The molecule has 0 radical (unpaired) electrons. The van der Waals surface area contributed by atoms with Crippen LogP contribution in [0.25, 0.3) is 0 Å². The molecule has 2 heterocycles. The summed E-state index contributed by atoms with van der Waals surface area (Å²) in [5.41, 5.74) is 1.25. The minimum atomic E-state index is 0.171. The standard InChI is InChI=1S/C16H23N3O/c1-18-9-10-19(16(20)14-7-8-17-11-14)15(12-18)13-5-3-2-4-6-13/h2-6,14-15,17H,7-12H2,1H3. The number of hydrogen-bond donors (Lipinski definition) is 1. The van der Waals surface area contributed by atoms with Gasteiger partial charge >= 0.3 is 0 Å². The number of rotatable bonds is 2. The molecule has 0 aliphatic carbocycles. The first-order chi connectivity index (χ1) is 9.75. The van der Waals surface area contributed by atoms with Gasteiger partial charge in [0.15, 0.2) is 0 Å². The summed E-state index contributed by atoms with van der Waals surface area (Å²) in [6, 6.07) is 10.6. The van der Waals surface area contributed by atoms with Crippen LogP contribution < -0.4 is 5.32 Å². The molecule has 108 valence electrons. The second kappa shape index (κ2) is 5.94. The molecule has 4 nitrogen and oxygen atoms in total. The van der Waals surface area contributed by atoms with Gasteiger partial charge in [0.25, 0.3) is 0 Å². The number of nitrogens with zero attached hydrogens (tertiary/aromatic N) is 2. The van der Waals surface area contributed by atoms with Crippen LogP contribution in [0.2, 0.25) is 0 Å². The summed E-state index contributed by atoms with van der Waals surface area (Å²) in [4.78, 5) is 17.2. The van der Waals surface area contributed by atoms with E-state index in [-0.39, 0.29) is 12.0 Å². The smallest absolute Gasteiger partial charge is 0.227 e. The first-order valence-electron chi connectivity index (χ1n) is 7.50. The van der Waals surface area contributed by atoms with E-state index in [4.69, 9.17) is 0 Å². The van der Waals surface area contributed by atoms with Gasteiger partial charge < -0.3 is 15.1 Å². The first kappa shape index (κ1) is 13.6. The average Bonchev–Trinajstić information content (AvgIpc) is 3.02. The largest absolute Gasteiger partial charge is 0.333 e. The molecular weight excluding hydrogens is 250 g/mol. The van der Waals surface area contributed by atoms with E-state index in [0.717, 1.165) is 39.1 Å². The molecule has 1 aromatic carbocycles. The van der Waals surface area contributed by atoms with Gasteiger partial charge in [0.05, 0.1) is 12.0 Å². The van der Waals surface area contributed by atoms with Crippen molar-refractivity contribution in [1.82, 2.24) is 15.1 Å². The Bertz CT molecular complexity index is 456. The molecule has 2 saturated heterocycles. The topological polar surface area (TPSA) is 35.6 Å². The Hall–Kier alpha value is -1.39. The van der Waals surface area contributed by atoms with Gasteiger partial charge in [0.1, 0.15) is 0 Å². The van der Waals surface area contributed by atoms with E-state index < -0.39 is 0 Å². The van der Waals surface area contributed by atoms with Gasteiger partial charge in [-0.05, 0) is 25.6 Å². The van der Waals surface area contributed by atoms with Crippen molar-refractivity contribution in [2.75, 3.05) is 39.8 Å². The molecule has 20 heavy (non-hydrogen) atoms. The zero-order valence-corrected chi connectivity index (χ0v) is 12.1. The molecule has 2 unspecified atom stereocenters. The van der Waals surface area contributed by atoms with Crippen molar-refractivity contribution in [3.8, 4) is 0 Å². The summed E-state index contributed by atoms with van der Waals surface area (Å²) in [7, 11) is 2.13. The summed E-state index contributed by atoms with van der Waals surface area (Å²) in [6.45, 7) is 4.54. The van der Waals surface area contributed by atoms with E-state index in [2.05, 4.69) is 46.4 Å². The highest BCUT2D eigenvalue weighted by Crippen LogP contribution is 2.27. The van der Waals surface area contributed by atoms with Crippen LogP contribution in [0.4, 0.5) is 0 Å². The number of piperazine rings is 1. The predicted molar refractivity (Wildman–Crippen MR) is 79.4 cm³/mol. The van der Waals surface area contributed by atoms with Crippen LogP contribution in [0, 0.1) is 5.92 Å². The van der Waals surface area contributed by atoms with Crippen LogP contribution in [-0.4, -0.2) is 55.5 Å². The Morgan fingerprint density at radius 1 is 1.25 bits per heavy atom. The highest BCUT2D eigenvalue weighted by atomic mass is 16.2. The third kappa shape index (κ3) is 2.72. The predicted octanol–water partition coefficient (Wildman–Crippen LogP) is 1.11. The lowest BCUT2D eigenvalue weighted by atomic mass is 9.99. The maximum atomic E-state index is 12.8. The van der Waals surface area contributed by atoms with Gasteiger partial charge in [-0.25, -0.2) is 0 Å². The Labute approximate surface area is 120 Å². The van der Waals surface area contributed by atoms with Crippen LogP contribution in [-0.2, 0) is 4.79 Å². The third-order valence-corrected chi connectivity index (χ3v) is 4.46. The Morgan fingerprint density at radius 3 is 2.75 bits per heavy atom. The number of nitrogens with one attached hydrogen (secondary N) is 1. The van der Waals surface area contributed by atoms with Gasteiger partial charge in [-0.3, -0.25) is 4.79 Å². The summed E-state index contributed by atoms with van der Waals surface area (Å²) >= 11 is 0. The maximum Gasteiger partial charge on any atom is 0.227 e. The summed E-state index contributed by atoms with van der Waals surface area (Å²) in [5, 5.41) is 3.30. The first-order valence-corrected chi connectivity index (χ1v) is 7.50. The molecule has 2 aliphatic rings. The number of benzene rings is 1. The lowest BCUT2D eigenvalue weighted by molar-refractivity contribution is -0.140. The number of hydrogen-bond acceptors (Lipinski definition) is 3. The third-order valence-electron chi connectivity index (χ3n) is 4.46. The minimum absolute atomic E-state index is 0.171. The van der Waals surface area contributed by atoms with Crippen LogP contribution in [0.3, 0.4) is 0 Å². The fourth-order valence-electron chi connectivity index (χ4n) is 3.24. The van der Waals surface area contributed by atoms with Crippen LogP contribution in [0.5, 0.6) is 0 Å². The Kier molecular flexibility index (Phi) is 4.03. The summed E-state index contributed by atoms with van der Waals surface area (Å²) in [6.07, 6.45) is 0.979. The van der Waals surface area contributed by atoms with E-state index in [9.17, 15) is 4.79 Å². The second-order valence-corrected chi connectivity index (χ2v) is 5.91. The van der Waals surface area contributed by atoms with E-state index >= 15 is 0 Å². The number of likely N-dealkylation sites (N-methyl/N-ethyl adjacent to an activating group) is 1. The van der Waals surface area contributed by atoms with Crippen LogP contribution in [0.15, 0.2) is 30.3 Å². The molecular formula is C16H23N3O. The maximum absolute atomic E-state index is 12.8. The van der Waals surface area contributed by atoms with Gasteiger partial charge in [0, 0.05) is 26.2 Å². The molecule has 1 aromatic rings. The zero-order valence-electron chi connectivity index (χ0n) is 12.1. The molecule has 0 bridgehead atoms. The molecule has 3 rings (SSSR count). The van der Waals surface area contributed by atoms with Crippen molar-refractivity contribution in [3.63, 3.8) is 0 Å². The monoisotopic (exact) mass is 273 g/mol. The fraction of sp³-hybridized carbons (Fsp3) is 0.562. The number of carbonyl (C=O) groups is 1. The normalized spacial score (nSPS) is 27.8. The molecule has 0 aromatic heterocycles. The number of carbonyl (C=O) groups excluding carboxylic acids is 1. The lowest BCUT2D eigenvalue weighted by Crippen LogP contribution is -2.51. The lowest BCUT2D eigenvalue weighted by Gasteiger charge is -2.41. The number of amides is 1. The quantitative estimate of drug-likeness (QED) is 0.877. The molecule has 0 spiro atoms. The SMILES string of the molecule is CN1CCN(C(=O)C2CCNC2)C(c2ccccc2)C1. The van der Waals surface area contributed by atoms with Crippen molar-refractivity contribution in [2.45, 2.75) is 12.5 Å². The summed E-state index contributed by atoms with van der Waals surface area (Å²) < 4.78 is 0. The van der Waals surface area contributed by atoms with Crippen molar-refractivity contribution >= 4 is 5.91 Å².